The average Bonchev–Trinajstić information content (AvgIpc) is 2.85. The average molecular weight is 344 g/mol. The van der Waals surface area contributed by atoms with Crippen LogP contribution in [0.3, 0.4) is 0 Å². The zero-order valence-electron chi connectivity index (χ0n) is 12.1. The molecule has 22 heavy (non-hydrogen) atoms. The summed E-state index contributed by atoms with van der Waals surface area (Å²) in [5.41, 5.74) is 0. The predicted octanol–water partition coefficient (Wildman–Crippen LogP) is 1.16. The molecule has 0 bridgehead atoms. The Morgan fingerprint density at radius 1 is 1.14 bits per heavy atom. The van der Waals surface area contributed by atoms with Crippen LogP contribution in [0.5, 0.6) is 0 Å². The molecular formula is C12H19F3N2O4S. The van der Waals surface area contributed by atoms with Gasteiger partial charge in [0.25, 0.3) is 10.2 Å². The number of halogens is 3. The molecule has 0 radical (unpaired) electrons. The van der Waals surface area contributed by atoms with Gasteiger partial charge in [-0.25, -0.2) is 0 Å². The topological polar surface area (TPSA) is 77.9 Å². The smallest absolute Gasteiger partial charge is 0.393 e. The van der Waals surface area contributed by atoms with Crippen molar-refractivity contribution in [3.63, 3.8) is 0 Å². The third-order valence-electron chi connectivity index (χ3n) is 4.42. The first kappa shape index (κ1) is 17.5. The van der Waals surface area contributed by atoms with E-state index in [1.165, 1.54) is 0 Å². The lowest BCUT2D eigenvalue weighted by Crippen LogP contribution is -2.46. The van der Waals surface area contributed by atoms with Gasteiger partial charge in [0, 0.05) is 26.2 Å². The SMILES string of the molecule is CC1CCN(S(=O)(=O)N2C[C@@H](C(F)(F)F)[C@H](C(=O)O)C2)CC1. The quantitative estimate of drug-likeness (QED) is 0.833. The molecule has 6 nitrogen and oxygen atoms in total. The molecule has 0 amide bonds. The number of piperidine rings is 1. The zero-order valence-corrected chi connectivity index (χ0v) is 12.9. The van der Waals surface area contributed by atoms with E-state index in [4.69, 9.17) is 5.11 Å². The van der Waals surface area contributed by atoms with Gasteiger partial charge >= 0.3 is 12.1 Å². The summed E-state index contributed by atoms with van der Waals surface area (Å²) >= 11 is 0. The Balaban J connectivity index is 2.17. The highest BCUT2D eigenvalue weighted by molar-refractivity contribution is 7.86. The van der Waals surface area contributed by atoms with Crippen LogP contribution in [0.25, 0.3) is 0 Å². The zero-order chi connectivity index (χ0) is 16.7. The van der Waals surface area contributed by atoms with Crippen molar-refractivity contribution in [2.24, 2.45) is 17.8 Å². The largest absolute Gasteiger partial charge is 0.481 e. The highest BCUT2D eigenvalue weighted by Crippen LogP contribution is 2.39. The predicted molar refractivity (Wildman–Crippen MR) is 71.1 cm³/mol. The van der Waals surface area contributed by atoms with E-state index in [0.29, 0.717) is 23.1 Å². The summed E-state index contributed by atoms with van der Waals surface area (Å²) in [6.45, 7) is 1.05. The molecule has 2 saturated heterocycles. The second-order valence-corrected chi connectivity index (χ2v) is 7.93. The molecule has 2 aliphatic heterocycles. The molecule has 0 aliphatic carbocycles. The monoisotopic (exact) mass is 344 g/mol. The second-order valence-electron chi connectivity index (χ2n) is 6.00. The van der Waals surface area contributed by atoms with Gasteiger partial charge in [-0.1, -0.05) is 6.92 Å². The minimum absolute atomic E-state index is 0.258. The van der Waals surface area contributed by atoms with E-state index in [1.807, 2.05) is 6.92 Å². The lowest BCUT2D eigenvalue weighted by Gasteiger charge is -2.32. The third kappa shape index (κ3) is 3.38. The van der Waals surface area contributed by atoms with Crippen molar-refractivity contribution in [2.75, 3.05) is 26.2 Å². The molecule has 0 unspecified atom stereocenters. The molecule has 2 rings (SSSR count). The van der Waals surface area contributed by atoms with Gasteiger partial charge in [-0.2, -0.15) is 30.2 Å². The molecule has 2 aliphatic rings. The fraction of sp³-hybridized carbons (Fsp3) is 0.917. The number of alkyl halides is 3. The van der Waals surface area contributed by atoms with E-state index in [1.54, 1.807) is 0 Å². The van der Waals surface area contributed by atoms with Gasteiger partial charge in [0.1, 0.15) is 0 Å². The van der Waals surface area contributed by atoms with Crippen molar-refractivity contribution in [1.29, 1.82) is 0 Å². The van der Waals surface area contributed by atoms with Crippen molar-refractivity contribution in [2.45, 2.75) is 25.9 Å². The summed E-state index contributed by atoms with van der Waals surface area (Å²) in [4.78, 5) is 11.0. The van der Waals surface area contributed by atoms with Crippen molar-refractivity contribution < 1.29 is 31.5 Å². The lowest BCUT2D eigenvalue weighted by atomic mass is 9.96. The van der Waals surface area contributed by atoms with Crippen LogP contribution in [0.2, 0.25) is 0 Å². The van der Waals surface area contributed by atoms with Crippen molar-refractivity contribution in [1.82, 2.24) is 8.61 Å². The Kier molecular flexibility index (Phi) is 4.74. The molecule has 0 saturated carbocycles. The summed E-state index contributed by atoms with van der Waals surface area (Å²) < 4.78 is 65.5. The van der Waals surface area contributed by atoms with Crippen molar-refractivity contribution >= 4 is 16.2 Å². The second kappa shape index (κ2) is 5.97. The fourth-order valence-corrected chi connectivity index (χ4v) is 4.61. The van der Waals surface area contributed by atoms with Gasteiger partial charge in [0.2, 0.25) is 0 Å². The summed E-state index contributed by atoms with van der Waals surface area (Å²) in [7, 11) is -4.04. The molecule has 0 aromatic rings. The minimum atomic E-state index is -4.73. The molecule has 1 N–H and O–H groups in total. The summed E-state index contributed by atoms with van der Waals surface area (Å²) in [5.74, 6) is -5.16. The summed E-state index contributed by atoms with van der Waals surface area (Å²) in [6.07, 6.45) is -3.43. The third-order valence-corrected chi connectivity index (χ3v) is 6.39. The maximum Gasteiger partial charge on any atom is 0.393 e. The Bertz CT molecular complexity index is 529. The van der Waals surface area contributed by atoms with E-state index in [2.05, 4.69) is 0 Å². The van der Waals surface area contributed by atoms with Crippen LogP contribution < -0.4 is 0 Å². The molecular weight excluding hydrogens is 325 g/mol. The number of carbonyl (C=O) groups is 1. The van der Waals surface area contributed by atoms with Crippen molar-refractivity contribution in [3.05, 3.63) is 0 Å². The molecule has 0 aromatic heterocycles. The molecule has 2 heterocycles. The van der Waals surface area contributed by atoms with Crippen LogP contribution in [0.1, 0.15) is 19.8 Å². The van der Waals surface area contributed by atoms with Crippen LogP contribution in [-0.4, -0.2) is 60.5 Å². The Morgan fingerprint density at radius 3 is 2.09 bits per heavy atom. The highest BCUT2D eigenvalue weighted by Gasteiger charge is 2.55. The number of carboxylic acids is 1. The van der Waals surface area contributed by atoms with E-state index in [-0.39, 0.29) is 13.1 Å². The van der Waals surface area contributed by atoms with Crippen LogP contribution >= 0.6 is 0 Å². The standard InChI is InChI=1S/C12H19F3N2O4S/c1-8-2-4-16(5-3-8)22(20,21)17-6-9(11(18)19)10(7-17)12(13,14)15/h8-10H,2-7H2,1H3,(H,18,19)/t9-,10-/m1/s1. The van der Waals surface area contributed by atoms with Crippen molar-refractivity contribution in [3.8, 4) is 0 Å². The number of hydrogen-bond acceptors (Lipinski definition) is 3. The first-order valence-electron chi connectivity index (χ1n) is 7.08. The molecule has 128 valence electrons. The maximum absolute atomic E-state index is 12.9. The number of rotatable bonds is 3. The van der Waals surface area contributed by atoms with Crippen LogP contribution in [-0.2, 0) is 15.0 Å². The first-order chi connectivity index (χ1) is 10.0. The van der Waals surface area contributed by atoms with Gasteiger partial charge in [0.15, 0.2) is 0 Å². The van der Waals surface area contributed by atoms with Crippen LogP contribution in [0.15, 0.2) is 0 Å². The molecule has 10 heteroatoms. The van der Waals surface area contributed by atoms with Gasteiger partial charge < -0.3 is 5.11 Å². The van der Waals surface area contributed by atoms with E-state index in [9.17, 15) is 26.4 Å². The normalized spacial score (nSPS) is 29.8. The lowest BCUT2D eigenvalue weighted by molar-refractivity contribution is -0.187. The van der Waals surface area contributed by atoms with Gasteiger partial charge in [0.05, 0.1) is 11.8 Å². The van der Waals surface area contributed by atoms with E-state index >= 15 is 0 Å². The molecule has 2 fully saturated rings. The maximum atomic E-state index is 12.9. The highest BCUT2D eigenvalue weighted by atomic mass is 32.2. The minimum Gasteiger partial charge on any atom is -0.481 e. The van der Waals surface area contributed by atoms with Gasteiger partial charge in [-0.05, 0) is 18.8 Å². The van der Waals surface area contributed by atoms with E-state index in [0.717, 1.165) is 4.31 Å². The van der Waals surface area contributed by atoms with E-state index < -0.39 is 47.3 Å². The number of hydrogen-bond donors (Lipinski definition) is 1. The molecule has 0 aromatic carbocycles. The fourth-order valence-electron chi connectivity index (χ4n) is 2.92. The van der Waals surface area contributed by atoms with Crippen LogP contribution in [0, 0.1) is 17.8 Å². The summed E-state index contributed by atoms with van der Waals surface area (Å²) in [5, 5.41) is 8.94. The van der Waals surface area contributed by atoms with Gasteiger partial charge in [-0.15, -0.1) is 0 Å². The first-order valence-corrected chi connectivity index (χ1v) is 8.48. The molecule has 0 spiro atoms. The van der Waals surface area contributed by atoms with Gasteiger partial charge in [-0.3, -0.25) is 4.79 Å². The summed E-state index contributed by atoms with van der Waals surface area (Å²) in [6, 6.07) is 0. The van der Waals surface area contributed by atoms with Crippen LogP contribution in [0.4, 0.5) is 13.2 Å². The number of carboxylic acid groups (broad SMARTS) is 1. The number of nitrogens with zero attached hydrogens (tertiary/aromatic N) is 2. The molecule has 2 atom stereocenters. The Hall–Kier alpha value is -0.870. The number of aliphatic carboxylic acids is 1. The Labute approximate surface area is 127 Å². The Morgan fingerprint density at radius 2 is 1.68 bits per heavy atom.